The molecule has 1 heterocycles. The highest BCUT2D eigenvalue weighted by Crippen LogP contribution is 2.73. The molecule has 106 valence electrons. The van der Waals surface area contributed by atoms with Crippen molar-refractivity contribution >= 4 is 5.97 Å². The van der Waals surface area contributed by atoms with E-state index < -0.39 is 5.97 Å². The van der Waals surface area contributed by atoms with Crippen molar-refractivity contribution in [2.24, 2.45) is 11.3 Å². The molecule has 4 heteroatoms. The largest absolute Gasteiger partial charge is 0.497 e. The summed E-state index contributed by atoms with van der Waals surface area (Å²) in [6, 6.07) is 6.33. The minimum atomic E-state index is -0.671. The Bertz CT molecular complexity index is 628. The molecular formula is C16H19NO3. The molecule has 2 fully saturated rings. The third-order valence-corrected chi connectivity index (χ3v) is 6.19. The topological polar surface area (TPSA) is 49.8 Å². The van der Waals surface area contributed by atoms with Crippen molar-refractivity contribution in [3.63, 3.8) is 0 Å². The van der Waals surface area contributed by atoms with Crippen LogP contribution in [0.4, 0.5) is 0 Å². The van der Waals surface area contributed by atoms with Gasteiger partial charge in [0, 0.05) is 23.4 Å². The SMILES string of the molecule is COc1ccc2c(c1)[C@]1(C)[C@@H](C(=O)O)[C@@H]3N(C)CC31C2. The lowest BCUT2D eigenvalue weighted by atomic mass is 9.37. The Morgan fingerprint density at radius 2 is 2.25 bits per heavy atom. The minimum absolute atomic E-state index is 0.125. The summed E-state index contributed by atoms with van der Waals surface area (Å²) in [6.07, 6.45) is 1.00. The van der Waals surface area contributed by atoms with Crippen LogP contribution in [0, 0.1) is 11.3 Å². The number of fused-ring (bicyclic) bond motifs is 2. The smallest absolute Gasteiger partial charge is 0.309 e. The molecule has 1 aromatic carbocycles. The maximum atomic E-state index is 11.8. The normalized spacial score (nSPS) is 41.0. The number of aliphatic carboxylic acids is 1. The molecule has 1 saturated carbocycles. The number of hydrogen-bond donors (Lipinski definition) is 1. The van der Waals surface area contributed by atoms with E-state index in [0.717, 1.165) is 18.7 Å². The number of carbonyl (C=O) groups is 1. The van der Waals surface area contributed by atoms with E-state index in [1.165, 1.54) is 11.1 Å². The van der Waals surface area contributed by atoms with Gasteiger partial charge in [-0.1, -0.05) is 13.0 Å². The van der Waals surface area contributed by atoms with Crippen LogP contribution in [0.2, 0.25) is 0 Å². The van der Waals surface area contributed by atoms with Gasteiger partial charge in [-0.15, -0.1) is 0 Å². The van der Waals surface area contributed by atoms with Gasteiger partial charge in [-0.2, -0.15) is 0 Å². The molecule has 4 atom stereocenters. The van der Waals surface area contributed by atoms with Crippen molar-refractivity contribution in [1.82, 2.24) is 4.90 Å². The van der Waals surface area contributed by atoms with Gasteiger partial charge in [-0.05, 0) is 36.7 Å². The summed E-state index contributed by atoms with van der Waals surface area (Å²) in [5.41, 5.74) is 2.36. The van der Waals surface area contributed by atoms with Crippen LogP contribution in [0.3, 0.4) is 0 Å². The van der Waals surface area contributed by atoms with Gasteiger partial charge >= 0.3 is 5.97 Å². The molecule has 0 bridgehead atoms. The van der Waals surface area contributed by atoms with Crippen LogP contribution in [-0.4, -0.2) is 42.7 Å². The van der Waals surface area contributed by atoms with E-state index in [4.69, 9.17) is 4.74 Å². The van der Waals surface area contributed by atoms with Crippen LogP contribution in [0.1, 0.15) is 18.1 Å². The van der Waals surface area contributed by atoms with Gasteiger partial charge in [0.25, 0.3) is 0 Å². The number of likely N-dealkylation sites (tertiary alicyclic amines) is 1. The monoisotopic (exact) mass is 273 g/mol. The summed E-state index contributed by atoms with van der Waals surface area (Å²) >= 11 is 0. The minimum Gasteiger partial charge on any atom is -0.497 e. The van der Waals surface area contributed by atoms with Gasteiger partial charge in [-0.25, -0.2) is 0 Å². The molecule has 3 aliphatic rings. The lowest BCUT2D eigenvalue weighted by Gasteiger charge is -2.74. The number of nitrogens with zero attached hydrogens (tertiary/aromatic N) is 1. The standard InChI is InChI=1S/C16H19NO3/c1-15-11-6-10(20-3)5-4-9(11)7-16(15)8-17(2)13(16)12(15)14(18)19/h4-6,12-13H,7-8H2,1-3H3,(H,18,19)/t12-,13+,15-,16?/m1/s1. The summed E-state index contributed by atoms with van der Waals surface area (Å²) in [7, 11) is 3.69. The van der Waals surface area contributed by atoms with Crippen LogP contribution < -0.4 is 4.74 Å². The molecule has 1 saturated heterocycles. The van der Waals surface area contributed by atoms with Gasteiger partial charge in [-0.3, -0.25) is 4.79 Å². The van der Waals surface area contributed by atoms with E-state index in [1.807, 2.05) is 13.1 Å². The first-order valence-electron chi connectivity index (χ1n) is 7.06. The molecule has 1 aromatic rings. The number of rotatable bonds is 2. The fraction of sp³-hybridized carbons (Fsp3) is 0.562. The zero-order chi connectivity index (χ0) is 14.3. The first-order valence-corrected chi connectivity index (χ1v) is 7.06. The van der Waals surface area contributed by atoms with E-state index in [0.29, 0.717) is 0 Å². The highest BCUT2D eigenvalue weighted by Gasteiger charge is 2.80. The third-order valence-electron chi connectivity index (χ3n) is 6.19. The zero-order valence-electron chi connectivity index (χ0n) is 12.0. The van der Waals surface area contributed by atoms with Crippen LogP contribution in [0.25, 0.3) is 0 Å². The molecular weight excluding hydrogens is 254 g/mol. The molecule has 1 spiro atoms. The number of benzene rings is 1. The third kappa shape index (κ3) is 1.01. The molecule has 0 aromatic heterocycles. The second kappa shape index (κ2) is 3.37. The summed E-state index contributed by atoms with van der Waals surface area (Å²) in [4.78, 5) is 14.0. The van der Waals surface area contributed by atoms with Crippen molar-refractivity contribution in [1.29, 1.82) is 0 Å². The number of carboxylic acids is 1. The number of hydrogen-bond acceptors (Lipinski definition) is 3. The van der Waals surface area contributed by atoms with Gasteiger partial charge in [0.15, 0.2) is 0 Å². The number of piperidine rings is 1. The highest BCUT2D eigenvalue weighted by atomic mass is 16.5. The fourth-order valence-corrected chi connectivity index (χ4v) is 5.34. The quantitative estimate of drug-likeness (QED) is 0.887. The van der Waals surface area contributed by atoms with E-state index in [1.54, 1.807) is 7.11 Å². The lowest BCUT2D eigenvalue weighted by molar-refractivity contribution is -0.243. The molecule has 4 rings (SSSR count). The number of carboxylic acid groups (broad SMARTS) is 1. The van der Waals surface area contributed by atoms with Crippen LogP contribution in [-0.2, 0) is 16.6 Å². The van der Waals surface area contributed by atoms with E-state index in [-0.39, 0.29) is 22.8 Å². The predicted octanol–water partition coefficient (Wildman–Crippen LogP) is 1.52. The lowest BCUT2D eigenvalue weighted by Crippen LogP contribution is -2.85. The van der Waals surface area contributed by atoms with Crippen LogP contribution in [0.5, 0.6) is 5.75 Å². The fourth-order valence-electron chi connectivity index (χ4n) is 5.34. The first kappa shape index (κ1) is 12.2. The van der Waals surface area contributed by atoms with Gasteiger partial charge < -0.3 is 14.7 Å². The summed E-state index contributed by atoms with van der Waals surface area (Å²) in [5.74, 6) is -0.160. The van der Waals surface area contributed by atoms with Gasteiger partial charge in [0.1, 0.15) is 5.75 Å². The number of ether oxygens (including phenoxy) is 1. The van der Waals surface area contributed by atoms with E-state index >= 15 is 0 Å². The number of methoxy groups -OCH3 is 1. The maximum absolute atomic E-state index is 11.8. The maximum Gasteiger partial charge on any atom is 0.309 e. The summed E-state index contributed by atoms with van der Waals surface area (Å²) < 4.78 is 5.33. The Kier molecular flexibility index (Phi) is 2.06. The molecule has 4 nitrogen and oxygen atoms in total. The molecule has 1 unspecified atom stereocenters. The average Bonchev–Trinajstić information content (AvgIpc) is 2.63. The van der Waals surface area contributed by atoms with E-state index in [9.17, 15) is 9.90 Å². The highest BCUT2D eigenvalue weighted by molar-refractivity contribution is 5.79. The average molecular weight is 273 g/mol. The zero-order valence-corrected chi connectivity index (χ0v) is 12.0. The van der Waals surface area contributed by atoms with Crippen molar-refractivity contribution in [2.45, 2.75) is 24.8 Å². The van der Waals surface area contributed by atoms with Crippen molar-refractivity contribution in [3.8, 4) is 5.75 Å². The Labute approximate surface area is 118 Å². The molecule has 1 N–H and O–H groups in total. The Hall–Kier alpha value is -1.55. The predicted molar refractivity (Wildman–Crippen MR) is 74.0 cm³/mol. The van der Waals surface area contributed by atoms with Crippen molar-refractivity contribution in [3.05, 3.63) is 29.3 Å². The second-order valence-corrected chi connectivity index (χ2v) is 6.73. The first-order chi connectivity index (χ1) is 9.45. The molecule has 0 radical (unpaired) electrons. The van der Waals surface area contributed by atoms with Crippen molar-refractivity contribution in [2.75, 3.05) is 20.7 Å². The van der Waals surface area contributed by atoms with Crippen molar-refractivity contribution < 1.29 is 14.6 Å². The second-order valence-electron chi connectivity index (χ2n) is 6.73. The molecule has 0 amide bonds. The van der Waals surface area contributed by atoms with Gasteiger partial charge in [0.05, 0.1) is 13.0 Å². The van der Waals surface area contributed by atoms with Crippen LogP contribution >= 0.6 is 0 Å². The van der Waals surface area contributed by atoms with Gasteiger partial charge in [0.2, 0.25) is 0 Å². The summed E-state index contributed by atoms with van der Waals surface area (Å²) in [5, 5.41) is 9.68. The van der Waals surface area contributed by atoms with E-state index in [2.05, 4.69) is 24.0 Å². The molecule has 2 aliphatic carbocycles. The molecule has 1 aliphatic heterocycles. The summed E-state index contributed by atoms with van der Waals surface area (Å²) in [6.45, 7) is 3.13. The Morgan fingerprint density at radius 3 is 2.85 bits per heavy atom. The van der Waals surface area contributed by atoms with Crippen LogP contribution in [0.15, 0.2) is 18.2 Å². The Morgan fingerprint density at radius 1 is 1.50 bits per heavy atom. The Balaban J connectivity index is 1.88. The molecule has 20 heavy (non-hydrogen) atoms.